The van der Waals surface area contributed by atoms with Crippen LogP contribution in [0.4, 0.5) is 0 Å². The number of rotatable bonds is 2. The molecule has 0 amide bonds. The third kappa shape index (κ3) is 3.36. The highest BCUT2D eigenvalue weighted by molar-refractivity contribution is 5.78. The average Bonchev–Trinajstić information content (AvgIpc) is 2.72. The van der Waals surface area contributed by atoms with Crippen LogP contribution in [0.3, 0.4) is 0 Å². The number of nitrogens with two attached hydrogens (primary N) is 1. The van der Waals surface area contributed by atoms with Crippen LogP contribution in [-0.4, -0.2) is 38.7 Å². The highest BCUT2D eigenvalue weighted by Crippen LogP contribution is 2.16. The molecule has 1 fully saturated rings. The summed E-state index contributed by atoms with van der Waals surface area (Å²) < 4.78 is 2.24. The SMILES string of the molecule is CC1CCCN(C(N)=NCc2nnc3n2CCCCC3)C1. The molecule has 2 aliphatic heterocycles. The standard InChI is InChI=1S/C15H26N6/c1-12-6-5-8-20(11-12)15(16)17-10-14-19-18-13-7-3-2-4-9-21(13)14/h12H,2-11H2,1H3,(H2,16,17). The van der Waals surface area contributed by atoms with Gasteiger partial charge in [0.2, 0.25) is 0 Å². The Kier molecular flexibility index (Phi) is 4.41. The van der Waals surface area contributed by atoms with E-state index in [2.05, 4.69) is 31.6 Å². The van der Waals surface area contributed by atoms with Crippen LogP contribution in [0.25, 0.3) is 0 Å². The number of likely N-dealkylation sites (tertiary alicyclic amines) is 1. The molecule has 0 saturated carbocycles. The van der Waals surface area contributed by atoms with Gasteiger partial charge in [0.25, 0.3) is 0 Å². The van der Waals surface area contributed by atoms with Crippen molar-refractivity contribution in [2.45, 2.75) is 58.5 Å². The summed E-state index contributed by atoms with van der Waals surface area (Å²) in [5.41, 5.74) is 6.15. The average molecular weight is 290 g/mol. The first-order valence-electron chi connectivity index (χ1n) is 8.20. The van der Waals surface area contributed by atoms with E-state index < -0.39 is 0 Å². The van der Waals surface area contributed by atoms with Crippen LogP contribution in [0.1, 0.15) is 50.7 Å². The van der Waals surface area contributed by atoms with Gasteiger partial charge in [-0.2, -0.15) is 0 Å². The van der Waals surface area contributed by atoms with Crippen molar-refractivity contribution >= 4 is 5.96 Å². The fourth-order valence-corrected chi connectivity index (χ4v) is 3.31. The number of piperidine rings is 1. The Bertz CT molecular complexity index is 506. The summed E-state index contributed by atoms with van der Waals surface area (Å²) in [4.78, 5) is 6.76. The zero-order valence-electron chi connectivity index (χ0n) is 13.0. The minimum atomic E-state index is 0.545. The number of hydrogen-bond acceptors (Lipinski definition) is 3. The summed E-state index contributed by atoms with van der Waals surface area (Å²) in [7, 11) is 0. The van der Waals surface area contributed by atoms with Gasteiger partial charge >= 0.3 is 0 Å². The Morgan fingerprint density at radius 3 is 3.00 bits per heavy atom. The lowest BCUT2D eigenvalue weighted by Gasteiger charge is -2.31. The van der Waals surface area contributed by atoms with Crippen molar-refractivity contribution in [3.05, 3.63) is 11.6 Å². The van der Waals surface area contributed by atoms with Crippen LogP contribution in [0.15, 0.2) is 4.99 Å². The van der Waals surface area contributed by atoms with Crippen molar-refractivity contribution in [3.8, 4) is 0 Å². The summed E-state index contributed by atoms with van der Waals surface area (Å²) in [6.45, 7) is 5.89. The van der Waals surface area contributed by atoms with Crippen LogP contribution in [0.2, 0.25) is 0 Å². The van der Waals surface area contributed by atoms with Crippen molar-refractivity contribution in [1.29, 1.82) is 0 Å². The number of guanidine groups is 1. The predicted octanol–water partition coefficient (Wildman–Crippen LogP) is 1.55. The van der Waals surface area contributed by atoms with E-state index in [1.807, 2.05) is 0 Å². The van der Waals surface area contributed by atoms with Crippen LogP contribution in [-0.2, 0) is 19.5 Å². The molecule has 0 aromatic carbocycles. The maximum atomic E-state index is 6.15. The van der Waals surface area contributed by atoms with E-state index in [4.69, 9.17) is 5.73 Å². The maximum Gasteiger partial charge on any atom is 0.191 e. The summed E-state index contributed by atoms with van der Waals surface area (Å²) >= 11 is 0. The Labute approximate surface area is 126 Å². The molecule has 2 N–H and O–H groups in total. The quantitative estimate of drug-likeness (QED) is 0.662. The van der Waals surface area contributed by atoms with Gasteiger partial charge in [0, 0.05) is 26.1 Å². The lowest BCUT2D eigenvalue weighted by Crippen LogP contribution is -2.43. The summed E-state index contributed by atoms with van der Waals surface area (Å²) in [5, 5.41) is 8.61. The summed E-state index contributed by atoms with van der Waals surface area (Å²) in [5.74, 6) is 3.44. The van der Waals surface area contributed by atoms with E-state index in [1.165, 1.54) is 32.1 Å². The normalized spacial score (nSPS) is 23.8. The number of aromatic nitrogens is 3. The molecule has 2 aliphatic rings. The van der Waals surface area contributed by atoms with Crippen molar-refractivity contribution in [3.63, 3.8) is 0 Å². The van der Waals surface area contributed by atoms with Gasteiger partial charge in [-0.3, -0.25) is 0 Å². The molecule has 0 bridgehead atoms. The smallest absolute Gasteiger partial charge is 0.191 e. The van der Waals surface area contributed by atoms with Crippen LogP contribution in [0.5, 0.6) is 0 Å². The number of hydrogen-bond donors (Lipinski definition) is 1. The maximum absolute atomic E-state index is 6.15. The first-order chi connectivity index (χ1) is 10.2. The van der Waals surface area contributed by atoms with Gasteiger partial charge in [-0.1, -0.05) is 13.3 Å². The highest BCUT2D eigenvalue weighted by Gasteiger charge is 2.18. The number of nitrogens with zero attached hydrogens (tertiary/aromatic N) is 5. The Morgan fingerprint density at radius 2 is 2.14 bits per heavy atom. The molecule has 6 heteroatoms. The Hall–Kier alpha value is -1.59. The van der Waals surface area contributed by atoms with Gasteiger partial charge < -0.3 is 15.2 Å². The Balaban J connectivity index is 1.66. The van der Waals surface area contributed by atoms with E-state index >= 15 is 0 Å². The minimum absolute atomic E-state index is 0.545. The molecule has 3 heterocycles. The largest absolute Gasteiger partial charge is 0.370 e. The second-order valence-corrected chi connectivity index (χ2v) is 6.36. The van der Waals surface area contributed by atoms with Crippen molar-refractivity contribution < 1.29 is 0 Å². The zero-order valence-corrected chi connectivity index (χ0v) is 13.0. The minimum Gasteiger partial charge on any atom is -0.370 e. The van der Waals surface area contributed by atoms with E-state index in [0.717, 1.165) is 37.7 Å². The number of aliphatic imine (C=N–C) groups is 1. The van der Waals surface area contributed by atoms with Crippen molar-refractivity contribution in [1.82, 2.24) is 19.7 Å². The summed E-state index contributed by atoms with van der Waals surface area (Å²) in [6.07, 6.45) is 7.24. The predicted molar refractivity (Wildman–Crippen MR) is 82.9 cm³/mol. The van der Waals surface area contributed by atoms with Gasteiger partial charge in [0.1, 0.15) is 12.4 Å². The highest BCUT2D eigenvalue weighted by atomic mass is 15.3. The molecule has 0 radical (unpaired) electrons. The van der Waals surface area contributed by atoms with Crippen LogP contribution in [0, 0.1) is 5.92 Å². The van der Waals surface area contributed by atoms with E-state index in [-0.39, 0.29) is 0 Å². The molecule has 6 nitrogen and oxygen atoms in total. The van der Waals surface area contributed by atoms with E-state index in [1.54, 1.807) is 0 Å². The molecule has 1 aromatic rings. The lowest BCUT2D eigenvalue weighted by atomic mass is 10.0. The van der Waals surface area contributed by atoms with E-state index in [9.17, 15) is 0 Å². The Morgan fingerprint density at radius 1 is 1.24 bits per heavy atom. The molecule has 21 heavy (non-hydrogen) atoms. The third-order valence-corrected chi connectivity index (χ3v) is 4.55. The molecule has 0 spiro atoms. The first-order valence-corrected chi connectivity index (χ1v) is 8.20. The fraction of sp³-hybridized carbons (Fsp3) is 0.800. The van der Waals surface area contributed by atoms with Gasteiger partial charge in [-0.15, -0.1) is 10.2 Å². The fourth-order valence-electron chi connectivity index (χ4n) is 3.31. The van der Waals surface area contributed by atoms with Gasteiger partial charge in [0.05, 0.1) is 0 Å². The molecule has 1 aromatic heterocycles. The van der Waals surface area contributed by atoms with Crippen molar-refractivity contribution in [2.24, 2.45) is 16.6 Å². The topological polar surface area (TPSA) is 72.3 Å². The summed E-state index contributed by atoms with van der Waals surface area (Å²) in [6, 6.07) is 0. The van der Waals surface area contributed by atoms with Crippen LogP contribution < -0.4 is 5.73 Å². The van der Waals surface area contributed by atoms with Gasteiger partial charge in [0.15, 0.2) is 11.8 Å². The molecule has 3 rings (SSSR count). The number of aryl methyl sites for hydroxylation is 1. The molecule has 1 unspecified atom stereocenters. The molecule has 116 valence electrons. The molecule has 0 aliphatic carbocycles. The number of fused-ring (bicyclic) bond motifs is 1. The van der Waals surface area contributed by atoms with Gasteiger partial charge in [-0.05, 0) is 31.6 Å². The first kappa shape index (κ1) is 14.4. The zero-order chi connectivity index (χ0) is 14.7. The molecule has 1 saturated heterocycles. The van der Waals surface area contributed by atoms with E-state index in [0.29, 0.717) is 18.4 Å². The molecular weight excluding hydrogens is 264 g/mol. The molecule has 1 atom stereocenters. The van der Waals surface area contributed by atoms with Crippen molar-refractivity contribution in [2.75, 3.05) is 13.1 Å². The second-order valence-electron chi connectivity index (χ2n) is 6.36. The lowest BCUT2D eigenvalue weighted by molar-refractivity contribution is 0.270. The monoisotopic (exact) mass is 290 g/mol. The third-order valence-electron chi connectivity index (χ3n) is 4.55. The van der Waals surface area contributed by atoms with Crippen LogP contribution >= 0.6 is 0 Å². The molecular formula is C15H26N6. The second kappa shape index (κ2) is 6.45. The van der Waals surface area contributed by atoms with Gasteiger partial charge in [-0.25, -0.2) is 4.99 Å².